The Morgan fingerprint density at radius 2 is 1.88 bits per heavy atom. The fourth-order valence-electron chi connectivity index (χ4n) is 2.36. The van der Waals surface area contributed by atoms with Crippen molar-refractivity contribution in [1.82, 2.24) is 0 Å². The number of hydrogen-bond donors (Lipinski definition) is 1. The van der Waals surface area contributed by atoms with Gasteiger partial charge in [0.2, 0.25) is 0 Å². The molecule has 0 heterocycles. The third kappa shape index (κ3) is 4.20. The van der Waals surface area contributed by atoms with E-state index in [1.54, 1.807) is 49.6 Å². The number of sulfonamides is 1. The standard InChI is InChI=1S/C18H23NO4S/c1-5-23-15-8-6-7-14(11-15)19-24(20,21)16-9-10-18(22-4)17(12-16)13(2)3/h6-13,19H,5H2,1-4H3. The van der Waals surface area contributed by atoms with Gasteiger partial charge in [-0.05, 0) is 48.7 Å². The average Bonchev–Trinajstić information content (AvgIpc) is 2.54. The Bertz CT molecular complexity index is 800. The number of nitrogens with one attached hydrogen (secondary N) is 1. The molecule has 2 aromatic carbocycles. The maximum absolute atomic E-state index is 12.7. The van der Waals surface area contributed by atoms with E-state index in [2.05, 4.69) is 4.72 Å². The number of benzene rings is 2. The van der Waals surface area contributed by atoms with E-state index in [0.717, 1.165) is 5.56 Å². The Labute approximate surface area is 143 Å². The molecule has 0 bridgehead atoms. The lowest BCUT2D eigenvalue weighted by atomic mass is 10.0. The summed E-state index contributed by atoms with van der Waals surface area (Å²) in [7, 11) is -2.11. The van der Waals surface area contributed by atoms with Crippen LogP contribution in [0.25, 0.3) is 0 Å². The van der Waals surface area contributed by atoms with Crippen LogP contribution in [0.2, 0.25) is 0 Å². The van der Waals surface area contributed by atoms with E-state index >= 15 is 0 Å². The molecule has 2 aromatic rings. The van der Waals surface area contributed by atoms with Crippen molar-refractivity contribution in [1.29, 1.82) is 0 Å². The van der Waals surface area contributed by atoms with E-state index in [0.29, 0.717) is 23.8 Å². The van der Waals surface area contributed by atoms with Crippen LogP contribution in [0, 0.1) is 0 Å². The number of anilines is 1. The van der Waals surface area contributed by atoms with Crippen LogP contribution in [0.3, 0.4) is 0 Å². The zero-order valence-electron chi connectivity index (χ0n) is 14.4. The second kappa shape index (κ2) is 7.57. The SMILES string of the molecule is CCOc1cccc(NS(=O)(=O)c2ccc(OC)c(C(C)C)c2)c1. The first-order valence-electron chi connectivity index (χ1n) is 7.81. The molecule has 0 fully saturated rings. The summed E-state index contributed by atoms with van der Waals surface area (Å²) in [5.74, 6) is 1.45. The van der Waals surface area contributed by atoms with Gasteiger partial charge < -0.3 is 9.47 Å². The largest absolute Gasteiger partial charge is 0.496 e. The van der Waals surface area contributed by atoms with Gasteiger partial charge in [0.1, 0.15) is 11.5 Å². The van der Waals surface area contributed by atoms with Gasteiger partial charge in [-0.25, -0.2) is 8.42 Å². The highest BCUT2D eigenvalue weighted by Crippen LogP contribution is 2.30. The monoisotopic (exact) mass is 349 g/mol. The summed E-state index contributed by atoms with van der Waals surface area (Å²) < 4.78 is 38.6. The maximum atomic E-state index is 12.7. The second-order valence-corrected chi connectivity index (χ2v) is 7.31. The molecule has 130 valence electrons. The second-order valence-electron chi connectivity index (χ2n) is 5.62. The van der Waals surface area contributed by atoms with Crippen LogP contribution in [-0.2, 0) is 10.0 Å². The van der Waals surface area contributed by atoms with E-state index in [1.165, 1.54) is 0 Å². The Morgan fingerprint density at radius 3 is 2.50 bits per heavy atom. The molecule has 6 heteroatoms. The lowest BCUT2D eigenvalue weighted by Gasteiger charge is -2.15. The van der Waals surface area contributed by atoms with Crippen molar-refractivity contribution in [3.8, 4) is 11.5 Å². The molecular formula is C18H23NO4S. The molecule has 0 aromatic heterocycles. The summed E-state index contributed by atoms with van der Waals surface area (Å²) >= 11 is 0. The van der Waals surface area contributed by atoms with Gasteiger partial charge >= 0.3 is 0 Å². The van der Waals surface area contributed by atoms with Crippen LogP contribution in [-0.4, -0.2) is 22.1 Å². The van der Waals surface area contributed by atoms with Crippen molar-refractivity contribution in [3.63, 3.8) is 0 Å². The molecular weight excluding hydrogens is 326 g/mol. The molecule has 0 radical (unpaired) electrons. The van der Waals surface area contributed by atoms with Crippen molar-refractivity contribution in [2.24, 2.45) is 0 Å². The molecule has 0 saturated carbocycles. The molecule has 0 atom stereocenters. The highest BCUT2D eigenvalue weighted by Gasteiger charge is 2.18. The highest BCUT2D eigenvalue weighted by atomic mass is 32.2. The number of ether oxygens (including phenoxy) is 2. The number of hydrogen-bond acceptors (Lipinski definition) is 4. The van der Waals surface area contributed by atoms with Crippen molar-refractivity contribution in [2.75, 3.05) is 18.4 Å². The maximum Gasteiger partial charge on any atom is 0.261 e. The predicted octanol–water partition coefficient (Wildman–Crippen LogP) is 4.02. The first kappa shape index (κ1) is 18.1. The zero-order valence-corrected chi connectivity index (χ0v) is 15.2. The molecule has 2 rings (SSSR count). The lowest BCUT2D eigenvalue weighted by Crippen LogP contribution is -2.13. The third-order valence-corrected chi connectivity index (χ3v) is 4.91. The van der Waals surface area contributed by atoms with Gasteiger partial charge in [0, 0.05) is 6.07 Å². The highest BCUT2D eigenvalue weighted by molar-refractivity contribution is 7.92. The number of rotatable bonds is 7. The summed E-state index contributed by atoms with van der Waals surface area (Å²) in [6.45, 7) is 6.38. The van der Waals surface area contributed by atoms with Crippen molar-refractivity contribution in [2.45, 2.75) is 31.6 Å². The molecule has 5 nitrogen and oxygen atoms in total. The minimum absolute atomic E-state index is 0.149. The van der Waals surface area contributed by atoms with Gasteiger partial charge in [0.05, 0.1) is 24.3 Å². The molecule has 0 aliphatic carbocycles. The topological polar surface area (TPSA) is 64.6 Å². The van der Waals surface area contributed by atoms with Crippen LogP contribution >= 0.6 is 0 Å². The van der Waals surface area contributed by atoms with Crippen molar-refractivity contribution in [3.05, 3.63) is 48.0 Å². The van der Waals surface area contributed by atoms with E-state index in [-0.39, 0.29) is 10.8 Å². The van der Waals surface area contributed by atoms with Crippen molar-refractivity contribution >= 4 is 15.7 Å². The fourth-order valence-corrected chi connectivity index (χ4v) is 3.45. The molecule has 0 unspecified atom stereocenters. The van der Waals surface area contributed by atoms with Gasteiger partial charge in [-0.2, -0.15) is 0 Å². The molecule has 0 aliphatic heterocycles. The fraction of sp³-hybridized carbons (Fsp3) is 0.333. The van der Waals surface area contributed by atoms with E-state index in [9.17, 15) is 8.42 Å². The summed E-state index contributed by atoms with van der Waals surface area (Å²) in [5, 5.41) is 0. The lowest BCUT2D eigenvalue weighted by molar-refractivity contribution is 0.340. The van der Waals surface area contributed by atoms with Gasteiger partial charge in [0.25, 0.3) is 10.0 Å². The van der Waals surface area contributed by atoms with Crippen LogP contribution in [0.4, 0.5) is 5.69 Å². The van der Waals surface area contributed by atoms with Gasteiger partial charge in [-0.1, -0.05) is 19.9 Å². The molecule has 0 saturated heterocycles. The van der Waals surface area contributed by atoms with E-state index < -0.39 is 10.0 Å². The average molecular weight is 349 g/mol. The Kier molecular flexibility index (Phi) is 5.72. The first-order valence-corrected chi connectivity index (χ1v) is 9.29. The quantitative estimate of drug-likeness (QED) is 0.820. The summed E-state index contributed by atoms with van der Waals surface area (Å²) in [6, 6.07) is 11.8. The predicted molar refractivity (Wildman–Crippen MR) is 95.5 cm³/mol. The smallest absolute Gasteiger partial charge is 0.261 e. The first-order chi connectivity index (χ1) is 11.4. The molecule has 0 amide bonds. The molecule has 24 heavy (non-hydrogen) atoms. The van der Waals surface area contributed by atoms with Gasteiger partial charge in [-0.15, -0.1) is 0 Å². The van der Waals surface area contributed by atoms with Crippen LogP contribution < -0.4 is 14.2 Å². The van der Waals surface area contributed by atoms with E-state index in [1.807, 2.05) is 20.8 Å². The summed E-state index contributed by atoms with van der Waals surface area (Å²) in [4.78, 5) is 0.203. The Hall–Kier alpha value is -2.21. The normalized spacial score (nSPS) is 11.4. The van der Waals surface area contributed by atoms with E-state index in [4.69, 9.17) is 9.47 Å². The van der Waals surface area contributed by atoms with Crippen LogP contribution in [0.5, 0.6) is 11.5 Å². The van der Waals surface area contributed by atoms with Crippen LogP contribution in [0.1, 0.15) is 32.3 Å². The summed E-state index contributed by atoms with van der Waals surface area (Å²) in [5.41, 5.74) is 1.31. The van der Waals surface area contributed by atoms with Crippen LogP contribution in [0.15, 0.2) is 47.4 Å². The Balaban J connectivity index is 2.33. The van der Waals surface area contributed by atoms with Gasteiger partial charge in [-0.3, -0.25) is 4.72 Å². The van der Waals surface area contributed by atoms with Crippen molar-refractivity contribution < 1.29 is 17.9 Å². The minimum atomic E-state index is -3.69. The minimum Gasteiger partial charge on any atom is -0.496 e. The van der Waals surface area contributed by atoms with Gasteiger partial charge in [0.15, 0.2) is 0 Å². The molecule has 1 N–H and O–H groups in total. The molecule has 0 spiro atoms. The molecule has 0 aliphatic rings. The Morgan fingerprint density at radius 1 is 1.12 bits per heavy atom. The zero-order chi connectivity index (χ0) is 17.7. The third-order valence-electron chi connectivity index (χ3n) is 3.53. The number of methoxy groups -OCH3 is 1. The summed E-state index contributed by atoms with van der Waals surface area (Å²) in [6.07, 6.45) is 0.